The Kier molecular flexibility index (Phi) is 4.74. The lowest BCUT2D eigenvalue weighted by Gasteiger charge is -2.19. The number of nitrogen functional groups attached to an aromatic ring is 1. The first-order chi connectivity index (χ1) is 7.54. The molecule has 0 aromatic carbocycles. The summed E-state index contributed by atoms with van der Waals surface area (Å²) in [6, 6.07) is 2.66. The molecule has 16 heavy (non-hydrogen) atoms. The number of nitrogens with one attached hydrogen (secondary N) is 1. The fourth-order valence-corrected chi connectivity index (χ4v) is 2.09. The molecule has 1 aromatic heterocycles. The van der Waals surface area contributed by atoms with Crippen molar-refractivity contribution in [3.63, 3.8) is 0 Å². The fraction of sp³-hybridized carbons (Fsp3) is 0.615. The van der Waals surface area contributed by atoms with E-state index in [1.54, 1.807) is 0 Å². The first-order valence-electron chi connectivity index (χ1n) is 6.00. The van der Waals surface area contributed by atoms with Crippen LogP contribution in [0.25, 0.3) is 0 Å². The molecule has 2 atom stereocenters. The standard InChI is InChI=1S/C13H23N3/c1-5-15-11(4)7-10(3)12-6-9(2)8-16-13(12)14/h6,8,10-11,15H,5,7H2,1-4H3,(H2,14,16). The topological polar surface area (TPSA) is 50.9 Å². The summed E-state index contributed by atoms with van der Waals surface area (Å²) in [5.74, 6) is 1.11. The van der Waals surface area contributed by atoms with Gasteiger partial charge in [-0.2, -0.15) is 0 Å². The van der Waals surface area contributed by atoms with E-state index in [4.69, 9.17) is 5.73 Å². The number of hydrogen-bond donors (Lipinski definition) is 2. The normalized spacial score (nSPS) is 14.8. The highest BCUT2D eigenvalue weighted by Gasteiger charge is 2.13. The fourth-order valence-electron chi connectivity index (χ4n) is 2.09. The highest BCUT2D eigenvalue weighted by atomic mass is 14.9. The van der Waals surface area contributed by atoms with Crippen LogP contribution in [0.5, 0.6) is 0 Å². The zero-order chi connectivity index (χ0) is 12.1. The number of anilines is 1. The predicted octanol–water partition coefficient (Wildman–Crippen LogP) is 2.46. The molecule has 0 saturated carbocycles. The molecule has 90 valence electrons. The maximum Gasteiger partial charge on any atom is 0.126 e. The summed E-state index contributed by atoms with van der Waals surface area (Å²) in [4.78, 5) is 4.21. The number of pyridine rings is 1. The number of aryl methyl sites for hydroxylation is 1. The number of aromatic nitrogens is 1. The van der Waals surface area contributed by atoms with Crippen LogP contribution in [-0.4, -0.2) is 17.6 Å². The van der Waals surface area contributed by atoms with Crippen LogP contribution in [0, 0.1) is 6.92 Å². The lowest BCUT2D eigenvalue weighted by atomic mass is 9.94. The van der Waals surface area contributed by atoms with E-state index in [9.17, 15) is 0 Å². The number of hydrogen-bond acceptors (Lipinski definition) is 3. The smallest absolute Gasteiger partial charge is 0.126 e. The van der Waals surface area contributed by atoms with Crippen LogP contribution >= 0.6 is 0 Å². The molecular formula is C13H23N3. The Bertz CT molecular complexity index is 336. The summed E-state index contributed by atoms with van der Waals surface area (Å²) in [7, 11) is 0. The molecular weight excluding hydrogens is 198 g/mol. The summed E-state index contributed by atoms with van der Waals surface area (Å²) in [6.45, 7) is 9.61. The summed E-state index contributed by atoms with van der Waals surface area (Å²) < 4.78 is 0. The Labute approximate surface area is 98.5 Å². The van der Waals surface area contributed by atoms with Gasteiger partial charge in [-0.05, 0) is 43.9 Å². The molecule has 0 amide bonds. The van der Waals surface area contributed by atoms with Crippen LogP contribution < -0.4 is 11.1 Å². The van der Waals surface area contributed by atoms with Gasteiger partial charge >= 0.3 is 0 Å². The molecule has 3 N–H and O–H groups in total. The van der Waals surface area contributed by atoms with Crippen molar-refractivity contribution in [1.82, 2.24) is 10.3 Å². The molecule has 1 aromatic rings. The van der Waals surface area contributed by atoms with Crippen molar-refractivity contribution < 1.29 is 0 Å². The van der Waals surface area contributed by atoms with Gasteiger partial charge < -0.3 is 11.1 Å². The monoisotopic (exact) mass is 221 g/mol. The molecule has 3 heteroatoms. The molecule has 1 heterocycles. The minimum absolute atomic E-state index is 0.446. The van der Waals surface area contributed by atoms with Crippen molar-refractivity contribution >= 4 is 5.82 Å². The molecule has 0 saturated heterocycles. The van der Waals surface area contributed by atoms with E-state index in [2.05, 4.69) is 44.1 Å². The Hall–Kier alpha value is -1.09. The van der Waals surface area contributed by atoms with Crippen molar-refractivity contribution in [3.05, 3.63) is 23.4 Å². The highest BCUT2D eigenvalue weighted by molar-refractivity contribution is 5.42. The zero-order valence-electron chi connectivity index (χ0n) is 10.7. The molecule has 0 aliphatic carbocycles. The number of nitrogens with zero attached hydrogens (tertiary/aromatic N) is 1. The van der Waals surface area contributed by atoms with Gasteiger partial charge in [0, 0.05) is 12.2 Å². The van der Waals surface area contributed by atoms with Crippen LogP contribution in [-0.2, 0) is 0 Å². The van der Waals surface area contributed by atoms with Gasteiger partial charge in [0.15, 0.2) is 0 Å². The molecule has 0 spiro atoms. The van der Waals surface area contributed by atoms with Crippen LogP contribution in [0.4, 0.5) is 5.82 Å². The van der Waals surface area contributed by atoms with Gasteiger partial charge in [-0.3, -0.25) is 0 Å². The van der Waals surface area contributed by atoms with E-state index >= 15 is 0 Å². The molecule has 0 aliphatic heterocycles. The summed E-state index contributed by atoms with van der Waals surface area (Å²) in [5, 5.41) is 3.42. The Morgan fingerprint density at radius 3 is 2.75 bits per heavy atom. The van der Waals surface area contributed by atoms with Gasteiger partial charge in [-0.1, -0.05) is 19.9 Å². The van der Waals surface area contributed by atoms with Crippen molar-refractivity contribution in [2.24, 2.45) is 0 Å². The molecule has 0 bridgehead atoms. The average molecular weight is 221 g/mol. The molecule has 1 rings (SSSR count). The van der Waals surface area contributed by atoms with Gasteiger partial charge in [0.2, 0.25) is 0 Å². The molecule has 0 aliphatic rings. The third-order valence-electron chi connectivity index (χ3n) is 2.88. The maximum absolute atomic E-state index is 5.91. The quantitative estimate of drug-likeness (QED) is 0.803. The van der Waals surface area contributed by atoms with Crippen LogP contribution in [0.2, 0.25) is 0 Å². The minimum atomic E-state index is 0.446. The number of nitrogens with two attached hydrogens (primary N) is 1. The average Bonchev–Trinajstić information content (AvgIpc) is 2.21. The van der Waals surface area contributed by atoms with Gasteiger partial charge in [0.1, 0.15) is 5.82 Å². The first kappa shape index (κ1) is 13.0. The zero-order valence-corrected chi connectivity index (χ0v) is 10.7. The summed E-state index contributed by atoms with van der Waals surface area (Å²) >= 11 is 0. The number of rotatable bonds is 5. The first-order valence-corrected chi connectivity index (χ1v) is 6.00. The van der Waals surface area contributed by atoms with Crippen LogP contribution in [0.15, 0.2) is 12.3 Å². The van der Waals surface area contributed by atoms with Gasteiger partial charge in [0.05, 0.1) is 0 Å². The van der Waals surface area contributed by atoms with E-state index in [1.165, 1.54) is 11.1 Å². The van der Waals surface area contributed by atoms with E-state index in [0.29, 0.717) is 17.8 Å². The third-order valence-corrected chi connectivity index (χ3v) is 2.88. The van der Waals surface area contributed by atoms with E-state index < -0.39 is 0 Å². The van der Waals surface area contributed by atoms with Crippen LogP contribution in [0.3, 0.4) is 0 Å². The Balaban J connectivity index is 2.72. The Morgan fingerprint density at radius 2 is 2.12 bits per heavy atom. The second-order valence-electron chi connectivity index (χ2n) is 4.58. The minimum Gasteiger partial charge on any atom is -0.383 e. The van der Waals surface area contributed by atoms with E-state index in [0.717, 1.165) is 13.0 Å². The largest absolute Gasteiger partial charge is 0.383 e. The van der Waals surface area contributed by atoms with E-state index in [-0.39, 0.29) is 0 Å². The lowest BCUT2D eigenvalue weighted by molar-refractivity contribution is 0.491. The highest BCUT2D eigenvalue weighted by Crippen LogP contribution is 2.25. The summed E-state index contributed by atoms with van der Waals surface area (Å²) in [6.07, 6.45) is 2.91. The third kappa shape index (κ3) is 3.49. The van der Waals surface area contributed by atoms with Crippen molar-refractivity contribution in [3.8, 4) is 0 Å². The maximum atomic E-state index is 5.91. The Morgan fingerprint density at radius 1 is 1.44 bits per heavy atom. The molecule has 2 unspecified atom stereocenters. The summed E-state index contributed by atoms with van der Waals surface area (Å²) in [5.41, 5.74) is 8.25. The van der Waals surface area contributed by atoms with Crippen molar-refractivity contribution in [2.75, 3.05) is 12.3 Å². The SMILES string of the molecule is CCNC(C)CC(C)c1cc(C)cnc1N. The van der Waals surface area contributed by atoms with Gasteiger partial charge in [-0.15, -0.1) is 0 Å². The second kappa shape index (κ2) is 5.85. The van der Waals surface area contributed by atoms with Crippen molar-refractivity contribution in [2.45, 2.75) is 46.1 Å². The molecule has 3 nitrogen and oxygen atoms in total. The van der Waals surface area contributed by atoms with Crippen molar-refractivity contribution in [1.29, 1.82) is 0 Å². The predicted molar refractivity (Wildman–Crippen MR) is 69.6 cm³/mol. The van der Waals surface area contributed by atoms with Gasteiger partial charge in [-0.25, -0.2) is 4.98 Å². The molecule has 0 fully saturated rings. The molecule has 0 radical (unpaired) electrons. The van der Waals surface area contributed by atoms with E-state index in [1.807, 2.05) is 6.20 Å². The van der Waals surface area contributed by atoms with Gasteiger partial charge in [0.25, 0.3) is 0 Å². The van der Waals surface area contributed by atoms with Crippen LogP contribution in [0.1, 0.15) is 44.2 Å². The lowest BCUT2D eigenvalue weighted by Crippen LogP contribution is -2.27. The second-order valence-corrected chi connectivity index (χ2v) is 4.58.